The lowest BCUT2D eigenvalue weighted by molar-refractivity contribution is -0.146. The third-order valence-electron chi connectivity index (χ3n) is 4.45. The van der Waals surface area contributed by atoms with Gasteiger partial charge in [-0.1, -0.05) is 19.1 Å². The Kier molecular flexibility index (Phi) is 5.57. The Bertz CT molecular complexity index is 621. The number of benzene rings is 1. The molecule has 1 atom stereocenters. The molecule has 6 heteroatoms. The van der Waals surface area contributed by atoms with Crippen molar-refractivity contribution >= 4 is 22.7 Å². The number of carbonyl (C=O) groups is 2. The fraction of sp³-hybridized carbons (Fsp3) is 0.529. The summed E-state index contributed by atoms with van der Waals surface area (Å²) in [5.74, 6) is -0.487. The van der Waals surface area contributed by atoms with Crippen molar-refractivity contribution in [3.63, 3.8) is 0 Å². The zero-order chi connectivity index (χ0) is 17.0. The fourth-order valence-electron chi connectivity index (χ4n) is 2.97. The van der Waals surface area contributed by atoms with Gasteiger partial charge in [0.05, 0.1) is 0 Å². The number of carboxylic acids is 1. The predicted molar refractivity (Wildman–Crippen MR) is 89.7 cm³/mol. The molecule has 23 heavy (non-hydrogen) atoms. The maximum atomic E-state index is 12.5. The minimum atomic E-state index is -1.17. The topological polar surface area (TPSA) is 83.5 Å². The molecule has 0 aromatic heterocycles. The predicted octanol–water partition coefficient (Wildman–Crippen LogP) is 2.33. The number of hydrogen-bond donors (Lipinski definition) is 2. The van der Waals surface area contributed by atoms with Crippen LogP contribution < -0.4 is 5.32 Å². The van der Waals surface area contributed by atoms with Gasteiger partial charge in [-0.05, 0) is 49.3 Å². The molecule has 0 spiro atoms. The first-order valence-electron chi connectivity index (χ1n) is 7.77. The van der Waals surface area contributed by atoms with Crippen molar-refractivity contribution in [3.8, 4) is 0 Å². The van der Waals surface area contributed by atoms with Gasteiger partial charge < -0.3 is 10.4 Å². The van der Waals surface area contributed by atoms with E-state index in [-0.39, 0.29) is 5.91 Å². The molecule has 0 saturated heterocycles. The van der Waals surface area contributed by atoms with E-state index in [0.29, 0.717) is 30.1 Å². The molecular weight excluding hydrogens is 314 g/mol. The zero-order valence-corrected chi connectivity index (χ0v) is 14.3. The third-order valence-corrected chi connectivity index (χ3v) is 5.19. The summed E-state index contributed by atoms with van der Waals surface area (Å²) in [4.78, 5) is 24.2. The van der Waals surface area contributed by atoms with Gasteiger partial charge in [-0.25, -0.2) is 4.79 Å². The Morgan fingerprint density at radius 3 is 2.57 bits per heavy atom. The summed E-state index contributed by atoms with van der Waals surface area (Å²) in [5.41, 5.74) is 0.0417. The van der Waals surface area contributed by atoms with Gasteiger partial charge in [0.1, 0.15) is 5.54 Å². The van der Waals surface area contributed by atoms with Crippen molar-refractivity contribution in [2.45, 2.75) is 43.9 Å². The second kappa shape index (κ2) is 7.25. The van der Waals surface area contributed by atoms with E-state index in [0.717, 1.165) is 18.4 Å². The van der Waals surface area contributed by atoms with Crippen LogP contribution in [0.5, 0.6) is 0 Å². The third kappa shape index (κ3) is 4.41. The first-order valence-corrected chi connectivity index (χ1v) is 9.50. The van der Waals surface area contributed by atoms with Crippen LogP contribution in [0.3, 0.4) is 0 Å². The standard InChI is InChI=1S/C17H23NO4S/c1-12-6-8-17(9-7-12,16(20)21)18-15(19)14-5-3-4-13(10-14)11-23(2)22/h3-5,10,12H,6-9,11H2,1-2H3,(H,18,19)(H,20,21). The molecule has 0 radical (unpaired) electrons. The average molecular weight is 337 g/mol. The van der Waals surface area contributed by atoms with Crippen molar-refractivity contribution in [2.75, 3.05) is 6.26 Å². The minimum absolute atomic E-state index is 0.378. The molecule has 1 amide bonds. The summed E-state index contributed by atoms with van der Waals surface area (Å²) >= 11 is 0. The Balaban J connectivity index is 2.16. The lowest BCUT2D eigenvalue weighted by atomic mass is 9.77. The number of nitrogens with one attached hydrogen (secondary N) is 1. The number of aliphatic carboxylic acids is 1. The molecule has 126 valence electrons. The molecule has 5 nitrogen and oxygen atoms in total. The molecule has 1 aliphatic carbocycles. The Labute approximate surface area is 138 Å². The summed E-state index contributed by atoms with van der Waals surface area (Å²) in [5, 5.41) is 12.3. The highest BCUT2D eigenvalue weighted by Gasteiger charge is 2.42. The van der Waals surface area contributed by atoms with Gasteiger partial charge >= 0.3 is 5.97 Å². The van der Waals surface area contributed by atoms with E-state index in [1.165, 1.54) is 0 Å². The quantitative estimate of drug-likeness (QED) is 0.864. The van der Waals surface area contributed by atoms with Crippen LogP contribution in [0.25, 0.3) is 0 Å². The van der Waals surface area contributed by atoms with Crippen LogP contribution in [0.2, 0.25) is 0 Å². The molecular formula is C17H23NO4S. The normalized spacial score (nSPS) is 25.6. The zero-order valence-electron chi connectivity index (χ0n) is 13.5. The van der Waals surface area contributed by atoms with Crippen LogP contribution in [0, 0.1) is 5.92 Å². The van der Waals surface area contributed by atoms with Gasteiger partial charge in [0.15, 0.2) is 0 Å². The van der Waals surface area contributed by atoms with Gasteiger partial charge in [0.25, 0.3) is 5.91 Å². The Hall–Kier alpha value is -1.69. The van der Waals surface area contributed by atoms with Crippen LogP contribution in [0.4, 0.5) is 0 Å². The molecule has 0 heterocycles. The van der Waals surface area contributed by atoms with Gasteiger partial charge in [-0.15, -0.1) is 0 Å². The van der Waals surface area contributed by atoms with E-state index in [2.05, 4.69) is 12.2 Å². The summed E-state index contributed by atoms with van der Waals surface area (Å²) < 4.78 is 11.3. The van der Waals surface area contributed by atoms with E-state index in [4.69, 9.17) is 0 Å². The van der Waals surface area contributed by atoms with E-state index >= 15 is 0 Å². The lowest BCUT2D eigenvalue weighted by Crippen LogP contribution is -2.56. The highest BCUT2D eigenvalue weighted by atomic mass is 32.2. The van der Waals surface area contributed by atoms with E-state index in [9.17, 15) is 18.9 Å². The molecule has 2 rings (SSSR count). The van der Waals surface area contributed by atoms with Crippen LogP contribution in [0.1, 0.15) is 48.5 Å². The Morgan fingerprint density at radius 1 is 1.35 bits per heavy atom. The molecule has 0 bridgehead atoms. The smallest absolute Gasteiger partial charge is 0.329 e. The van der Waals surface area contributed by atoms with E-state index in [1.54, 1.807) is 24.5 Å². The molecule has 1 unspecified atom stereocenters. The summed E-state index contributed by atoms with van der Waals surface area (Å²) in [6.07, 6.45) is 4.10. The maximum Gasteiger partial charge on any atom is 0.329 e. The highest BCUT2D eigenvalue weighted by molar-refractivity contribution is 7.83. The summed E-state index contributed by atoms with van der Waals surface area (Å²) in [7, 11) is -0.990. The summed E-state index contributed by atoms with van der Waals surface area (Å²) in [6.45, 7) is 2.10. The van der Waals surface area contributed by atoms with Gasteiger partial charge in [0.2, 0.25) is 0 Å². The number of hydrogen-bond acceptors (Lipinski definition) is 3. The van der Waals surface area contributed by atoms with Crippen LogP contribution in [0.15, 0.2) is 24.3 Å². The van der Waals surface area contributed by atoms with Crippen molar-refractivity contribution in [3.05, 3.63) is 35.4 Å². The molecule has 0 aliphatic heterocycles. The van der Waals surface area contributed by atoms with Crippen molar-refractivity contribution < 1.29 is 18.9 Å². The highest BCUT2D eigenvalue weighted by Crippen LogP contribution is 2.32. The SMILES string of the molecule is CC1CCC(NC(=O)c2cccc(CS(C)=O)c2)(C(=O)O)CC1. The van der Waals surface area contributed by atoms with Crippen molar-refractivity contribution in [1.82, 2.24) is 5.32 Å². The van der Waals surface area contributed by atoms with Crippen LogP contribution in [-0.4, -0.2) is 33.0 Å². The van der Waals surface area contributed by atoms with E-state index in [1.807, 2.05) is 6.07 Å². The lowest BCUT2D eigenvalue weighted by Gasteiger charge is -2.36. The number of amides is 1. The molecule has 1 aliphatic rings. The largest absolute Gasteiger partial charge is 0.480 e. The number of carboxylic acid groups (broad SMARTS) is 1. The van der Waals surface area contributed by atoms with Gasteiger partial charge in [-0.3, -0.25) is 9.00 Å². The van der Waals surface area contributed by atoms with Crippen LogP contribution in [-0.2, 0) is 21.3 Å². The minimum Gasteiger partial charge on any atom is -0.480 e. The summed E-state index contributed by atoms with van der Waals surface area (Å²) in [6, 6.07) is 6.87. The fourth-order valence-corrected chi connectivity index (χ4v) is 3.62. The molecule has 2 N–H and O–H groups in total. The first kappa shape index (κ1) is 17.7. The second-order valence-electron chi connectivity index (χ2n) is 6.44. The molecule has 1 saturated carbocycles. The number of rotatable bonds is 5. The van der Waals surface area contributed by atoms with Gasteiger partial charge in [-0.2, -0.15) is 0 Å². The maximum absolute atomic E-state index is 12.5. The first-order chi connectivity index (χ1) is 10.8. The Morgan fingerprint density at radius 2 is 2.00 bits per heavy atom. The van der Waals surface area contributed by atoms with Crippen LogP contribution >= 0.6 is 0 Å². The monoisotopic (exact) mass is 337 g/mol. The number of carbonyl (C=O) groups excluding carboxylic acids is 1. The molecule has 1 fully saturated rings. The second-order valence-corrected chi connectivity index (χ2v) is 7.88. The van der Waals surface area contributed by atoms with Crippen molar-refractivity contribution in [2.24, 2.45) is 5.92 Å². The average Bonchev–Trinajstić information content (AvgIpc) is 2.49. The van der Waals surface area contributed by atoms with E-state index < -0.39 is 22.3 Å². The molecule has 1 aromatic carbocycles. The molecule has 1 aromatic rings. The van der Waals surface area contributed by atoms with Gasteiger partial charge in [0, 0.05) is 28.4 Å². The van der Waals surface area contributed by atoms with Crippen molar-refractivity contribution in [1.29, 1.82) is 0 Å².